The van der Waals surface area contributed by atoms with Crippen molar-refractivity contribution in [3.05, 3.63) is 34.1 Å². The highest BCUT2D eigenvalue weighted by atomic mass is 16.6. The molecule has 5 nitrogen and oxygen atoms in total. The molecule has 0 aliphatic rings. The van der Waals surface area contributed by atoms with E-state index >= 15 is 0 Å². The van der Waals surface area contributed by atoms with Crippen molar-refractivity contribution < 1.29 is 4.92 Å². The summed E-state index contributed by atoms with van der Waals surface area (Å²) in [6.45, 7) is 7.09. The van der Waals surface area contributed by atoms with E-state index < -0.39 is 4.92 Å². The molecule has 16 heavy (non-hydrogen) atoms. The van der Waals surface area contributed by atoms with Crippen molar-refractivity contribution in [3.63, 3.8) is 0 Å². The van der Waals surface area contributed by atoms with E-state index in [2.05, 4.69) is 24.1 Å². The summed E-state index contributed by atoms with van der Waals surface area (Å²) in [6, 6.07) is 3.52. The van der Waals surface area contributed by atoms with Gasteiger partial charge in [-0.05, 0) is 19.5 Å². The molecule has 0 spiro atoms. The van der Waals surface area contributed by atoms with Crippen LogP contribution in [-0.2, 0) is 0 Å². The van der Waals surface area contributed by atoms with Crippen molar-refractivity contribution in [1.82, 2.24) is 10.3 Å². The third-order valence-electron chi connectivity index (χ3n) is 2.72. The maximum absolute atomic E-state index is 10.5. The standard InChI is InChI=1S/C11H17N3O2/c1-4-12-9(3)8(2)11-6-5-10(7-13-11)14(15)16/h5-9,12H,4H2,1-3H3. The number of hydrogen-bond donors (Lipinski definition) is 1. The first kappa shape index (κ1) is 12.6. The van der Waals surface area contributed by atoms with E-state index in [9.17, 15) is 10.1 Å². The van der Waals surface area contributed by atoms with Crippen molar-refractivity contribution in [2.45, 2.75) is 32.7 Å². The number of nitro groups is 1. The van der Waals surface area contributed by atoms with Gasteiger partial charge in [0.05, 0.1) is 4.92 Å². The van der Waals surface area contributed by atoms with Gasteiger partial charge in [-0.3, -0.25) is 15.1 Å². The van der Waals surface area contributed by atoms with Gasteiger partial charge in [-0.1, -0.05) is 13.8 Å². The van der Waals surface area contributed by atoms with Crippen LogP contribution in [0.4, 0.5) is 5.69 Å². The zero-order valence-corrected chi connectivity index (χ0v) is 9.80. The lowest BCUT2D eigenvalue weighted by atomic mass is 9.99. The number of rotatable bonds is 5. The fraction of sp³-hybridized carbons (Fsp3) is 0.545. The number of likely N-dealkylation sites (N-methyl/N-ethyl adjacent to an activating group) is 1. The Hall–Kier alpha value is -1.49. The van der Waals surface area contributed by atoms with Crippen LogP contribution >= 0.6 is 0 Å². The van der Waals surface area contributed by atoms with Gasteiger partial charge in [0.15, 0.2) is 0 Å². The minimum absolute atomic E-state index is 0.0343. The molecule has 0 aliphatic carbocycles. The molecule has 1 N–H and O–H groups in total. The van der Waals surface area contributed by atoms with Gasteiger partial charge in [0.2, 0.25) is 0 Å². The molecule has 88 valence electrons. The highest BCUT2D eigenvalue weighted by Crippen LogP contribution is 2.19. The maximum Gasteiger partial charge on any atom is 0.287 e. The minimum atomic E-state index is -0.435. The second kappa shape index (κ2) is 5.55. The number of pyridine rings is 1. The van der Waals surface area contributed by atoms with Crippen LogP contribution in [0.5, 0.6) is 0 Å². The van der Waals surface area contributed by atoms with Crippen LogP contribution in [-0.4, -0.2) is 22.5 Å². The molecule has 0 aliphatic heterocycles. The van der Waals surface area contributed by atoms with E-state index in [1.165, 1.54) is 12.3 Å². The van der Waals surface area contributed by atoms with Crippen molar-refractivity contribution >= 4 is 5.69 Å². The van der Waals surface area contributed by atoms with E-state index in [0.29, 0.717) is 6.04 Å². The van der Waals surface area contributed by atoms with Crippen LogP contribution in [0.1, 0.15) is 32.4 Å². The lowest BCUT2D eigenvalue weighted by Gasteiger charge is -2.19. The molecule has 1 rings (SSSR count). The quantitative estimate of drug-likeness (QED) is 0.613. The van der Waals surface area contributed by atoms with Gasteiger partial charge in [0.1, 0.15) is 6.20 Å². The minimum Gasteiger partial charge on any atom is -0.314 e. The van der Waals surface area contributed by atoms with Gasteiger partial charge in [-0.2, -0.15) is 0 Å². The second-order valence-electron chi connectivity index (χ2n) is 3.83. The molecule has 2 unspecified atom stereocenters. The van der Waals surface area contributed by atoms with Gasteiger partial charge >= 0.3 is 0 Å². The topological polar surface area (TPSA) is 68.1 Å². The smallest absolute Gasteiger partial charge is 0.287 e. The monoisotopic (exact) mass is 223 g/mol. The average molecular weight is 223 g/mol. The van der Waals surface area contributed by atoms with E-state index in [0.717, 1.165) is 12.2 Å². The normalized spacial score (nSPS) is 14.4. The van der Waals surface area contributed by atoms with Crippen molar-refractivity contribution in [2.24, 2.45) is 0 Å². The molecule has 1 heterocycles. The highest BCUT2D eigenvalue weighted by molar-refractivity contribution is 5.28. The molecule has 0 radical (unpaired) electrons. The summed E-state index contributed by atoms with van der Waals surface area (Å²) in [4.78, 5) is 14.2. The van der Waals surface area contributed by atoms with Gasteiger partial charge in [0.25, 0.3) is 5.69 Å². The molecular formula is C11H17N3O2. The lowest BCUT2D eigenvalue weighted by molar-refractivity contribution is -0.385. The summed E-state index contributed by atoms with van der Waals surface area (Å²) < 4.78 is 0. The summed E-state index contributed by atoms with van der Waals surface area (Å²) >= 11 is 0. The molecule has 2 atom stereocenters. The molecule has 0 aromatic carbocycles. The van der Waals surface area contributed by atoms with E-state index in [1.54, 1.807) is 6.07 Å². The SMILES string of the molecule is CCNC(C)C(C)c1ccc([N+](=O)[O-])cn1. The third-order valence-corrected chi connectivity index (χ3v) is 2.72. The first-order chi connectivity index (χ1) is 7.56. The Labute approximate surface area is 95.0 Å². The van der Waals surface area contributed by atoms with Crippen LogP contribution in [0.3, 0.4) is 0 Å². The molecule has 0 saturated carbocycles. The van der Waals surface area contributed by atoms with Crippen LogP contribution in [0.25, 0.3) is 0 Å². The lowest BCUT2D eigenvalue weighted by Crippen LogP contribution is -2.30. The fourth-order valence-corrected chi connectivity index (χ4v) is 1.53. The van der Waals surface area contributed by atoms with Gasteiger partial charge in [0, 0.05) is 23.7 Å². The number of nitrogens with one attached hydrogen (secondary N) is 1. The molecule has 0 amide bonds. The predicted octanol–water partition coefficient (Wildman–Crippen LogP) is 2.09. The number of aromatic nitrogens is 1. The summed E-state index contributed by atoms with van der Waals surface area (Å²) in [5.41, 5.74) is 0.908. The summed E-state index contributed by atoms with van der Waals surface area (Å²) in [6.07, 6.45) is 1.31. The van der Waals surface area contributed by atoms with E-state index in [-0.39, 0.29) is 11.6 Å². The van der Waals surface area contributed by atoms with Gasteiger partial charge in [-0.25, -0.2) is 0 Å². The second-order valence-corrected chi connectivity index (χ2v) is 3.83. The molecule has 0 saturated heterocycles. The molecular weight excluding hydrogens is 206 g/mol. The van der Waals surface area contributed by atoms with E-state index in [4.69, 9.17) is 0 Å². The molecule has 1 aromatic heterocycles. The van der Waals surface area contributed by atoms with Crippen LogP contribution in [0.2, 0.25) is 0 Å². The Morgan fingerprint density at radius 3 is 2.62 bits per heavy atom. The molecule has 1 aromatic rings. The highest BCUT2D eigenvalue weighted by Gasteiger charge is 2.15. The van der Waals surface area contributed by atoms with Gasteiger partial charge in [-0.15, -0.1) is 0 Å². The van der Waals surface area contributed by atoms with Crippen molar-refractivity contribution in [3.8, 4) is 0 Å². The number of nitrogens with zero attached hydrogens (tertiary/aromatic N) is 2. The largest absolute Gasteiger partial charge is 0.314 e. The van der Waals surface area contributed by atoms with Crippen LogP contribution in [0.15, 0.2) is 18.3 Å². The zero-order chi connectivity index (χ0) is 12.1. The van der Waals surface area contributed by atoms with Crippen LogP contribution < -0.4 is 5.32 Å². The fourth-order valence-electron chi connectivity index (χ4n) is 1.53. The van der Waals surface area contributed by atoms with E-state index in [1.807, 2.05) is 6.92 Å². The predicted molar refractivity (Wildman–Crippen MR) is 62.4 cm³/mol. The molecule has 0 bridgehead atoms. The van der Waals surface area contributed by atoms with Gasteiger partial charge < -0.3 is 5.32 Å². The Balaban J connectivity index is 2.77. The van der Waals surface area contributed by atoms with Crippen LogP contribution in [0, 0.1) is 10.1 Å². The number of hydrogen-bond acceptors (Lipinski definition) is 4. The van der Waals surface area contributed by atoms with Crippen molar-refractivity contribution in [2.75, 3.05) is 6.54 Å². The Morgan fingerprint density at radius 1 is 1.50 bits per heavy atom. The molecule has 5 heteroatoms. The third kappa shape index (κ3) is 3.00. The summed E-state index contributed by atoms with van der Waals surface area (Å²) in [7, 11) is 0. The first-order valence-corrected chi connectivity index (χ1v) is 5.40. The Bertz CT molecular complexity index is 351. The Kier molecular flexibility index (Phi) is 4.37. The average Bonchev–Trinajstić information content (AvgIpc) is 2.28. The molecule has 0 fully saturated rings. The first-order valence-electron chi connectivity index (χ1n) is 5.40. The Morgan fingerprint density at radius 2 is 2.19 bits per heavy atom. The zero-order valence-electron chi connectivity index (χ0n) is 9.80. The summed E-state index contributed by atoms with van der Waals surface area (Å²) in [5.74, 6) is 0.237. The summed E-state index contributed by atoms with van der Waals surface area (Å²) in [5, 5.41) is 13.8. The van der Waals surface area contributed by atoms with Crippen molar-refractivity contribution in [1.29, 1.82) is 0 Å². The maximum atomic E-state index is 10.5.